The number of nitriles is 2. The highest BCUT2D eigenvalue weighted by atomic mass is 35.5. The molecule has 0 N–H and O–H groups in total. The molecule has 204 valence electrons. The molecule has 2 aromatic heterocycles. The number of hydrogen-bond acceptors (Lipinski definition) is 8. The van der Waals surface area contributed by atoms with E-state index in [1.807, 2.05) is 36.4 Å². The molecule has 3 aromatic carbocycles. The number of benzene rings is 3. The van der Waals surface area contributed by atoms with E-state index in [-0.39, 0.29) is 0 Å². The topological polar surface area (TPSA) is 120 Å². The Morgan fingerprint density at radius 3 is 2.32 bits per heavy atom. The fourth-order valence-electron chi connectivity index (χ4n) is 4.76. The number of fused-ring (bicyclic) bond motifs is 1. The summed E-state index contributed by atoms with van der Waals surface area (Å²) in [5.74, 6) is 1.97. The average molecular weight is 564 g/mol. The van der Waals surface area contributed by atoms with Gasteiger partial charge in [0, 0.05) is 41.1 Å². The second-order valence-corrected chi connectivity index (χ2v) is 10.2. The van der Waals surface area contributed by atoms with Crippen molar-refractivity contribution in [2.45, 2.75) is 32.2 Å². The Bertz CT molecular complexity index is 1740. The Morgan fingerprint density at radius 2 is 1.68 bits per heavy atom. The van der Waals surface area contributed by atoms with Gasteiger partial charge in [0.05, 0.1) is 23.3 Å². The number of furan rings is 1. The Kier molecular flexibility index (Phi) is 8.55. The highest BCUT2D eigenvalue weighted by Gasteiger charge is 2.20. The predicted octanol–water partition coefficient (Wildman–Crippen LogP) is 6.99. The fourth-order valence-corrected chi connectivity index (χ4v) is 4.89. The number of carbonyl (C=O) groups excluding carboxylic acids is 1. The molecule has 5 aromatic rings. The third-order valence-corrected chi connectivity index (χ3v) is 7.31. The number of rotatable bonds is 6. The third-order valence-electron chi connectivity index (χ3n) is 7.09. The summed E-state index contributed by atoms with van der Waals surface area (Å²) in [5.41, 5.74) is 4.07. The van der Waals surface area contributed by atoms with Gasteiger partial charge in [-0.25, -0.2) is 0 Å². The van der Waals surface area contributed by atoms with Crippen LogP contribution in [-0.2, 0) is 6.42 Å². The van der Waals surface area contributed by atoms with Gasteiger partial charge in [-0.2, -0.15) is 15.5 Å². The van der Waals surface area contributed by atoms with Crippen LogP contribution in [0.5, 0.6) is 0 Å². The molecule has 6 rings (SSSR count). The molecule has 0 spiro atoms. The molecular formula is C32H26ClN5O3. The normalized spacial score (nSPS) is 14.7. The molecule has 1 aliphatic heterocycles. The quantitative estimate of drug-likeness (QED) is 0.203. The zero-order chi connectivity index (χ0) is 28.8. The molecule has 0 saturated carbocycles. The van der Waals surface area contributed by atoms with Gasteiger partial charge in [-0.3, -0.25) is 4.79 Å². The monoisotopic (exact) mass is 563 g/mol. The van der Waals surface area contributed by atoms with Crippen molar-refractivity contribution in [3.63, 3.8) is 0 Å². The molecule has 9 heteroatoms. The van der Waals surface area contributed by atoms with Crippen molar-refractivity contribution in [3.8, 4) is 35.0 Å². The predicted molar refractivity (Wildman–Crippen MR) is 155 cm³/mol. The second-order valence-electron chi connectivity index (χ2n) is 9.82. The number of nitrogens with zero attached hydrogens (tertiary/aromatic N) is 5. The first-order valence-corrected chi connectivity index (χ1v) is 13.6. The van der Waals surface area contributed by atoms with E-state index in [1.165, 1.54) is 31.5 Å². The lowest BCUT2D eigenvalue weighted by molar-refractivity contribution is 0.108. The Morgan fingerprint density at radius 1 is 1.00 bits per heavy atom. The molecule has 1 fully saturated rings. The van der Waals surface area contributed by atoms with E-state index in [4.69, 9.17) is 31.1 Å². The summed E-state index contributed by atoms with van der Waals surface area (Å²) >= 11 is 5.18. The highest BCUT2D eigenvalue weighted by molar-refractivity contribution is 6.67. The van der Waals surface area contributed by atoms with Crippen molar-refractivity contribution in [3.05, 3.63) is 95.2 Å². The molecule has 1 aliphatic rings. The summed E-state index contributed by atoms with van der Waals surface area (Å²) in [6.45, 7) is 4.52. The standard InChI is InChI=1S/C24H22N4O2.C8H4ClNO/c1-16-3-2-11-28(16)12-10-21-14-20-13-19(8-9-22(20)29-21)23-26-24(30-27-23)18-6-4-17(15-25)5-7-18;9-8(11)7-3-1-6(5-10)2-4-7/h4-9,13-14,16H,2-3,10-12H2,1H3;1-4H/t16-;/m1./s1. The molecule has 0 bridgehead atoms. The van der Waals surface area contributed by atoms with E-state index in [0.717, 1.165) is 40.8 Å². The van der Waals surface area contributed by atoms with Gasteiger partial charge in [-0.05, 0) is 111 Å². The van der Waals surface area contributed by atoms with Crippen LogP contribution in [0.3, 0.4) is 0 Å². The lowest BCUT2D eigenvalue weighted by Gasteiger charge is -2.19. The van der Waals surface area contributed by atoms with Crippen LogP contribution in [-0.4, -0.2) is 39.4 Å². The Hall–Kier alpha value is -4.76. The van der Waals surface area contributed by atoms with Crippen molar-refractivity contribution in [2.75, 3.05) is 13.1 Å². The van der Waals surface area contributed by atoms with Crippen molar-refractivity contribution in [2.24, 2.45) is 0 Å². The van der Waals surface area contributed by atoms with Crippen LogP contribution in [0.1, 0.15) is 47.0 Å². The number of likely N-dealkylation sites (tertiary alicyclic amines) is 1. The largest absolute Gasteiger partial charge is 0.461 e. The molecule has 8 nitrogen and oxygen atoms in total. The van der Waals surface area contributed by atoms with Gasteiger partial charge >= 0.3 is 0 Å². The zero-order valence-corrected chi connectivity index (χ0v) is 23.1. The van der Waals surface area contributed by atoms with Crippen LogP contribution in [0, 0.1) is 22.7 Å². The maximum atomic E-state index is 10.5. The number of aromatic nitrogens is 2. The first-order chi connectivity index (χ1) is 19.9. The minimum absolute atomic E-state index is 0.408. The molecule has 0 aliphatic carbocycles. The Labute approximate surface area is 242 Å². The smallest absolute Gasteiger partial charge is 0.258 e. The lowest BCUT2D eigenvalue weighted by Crippen LogP contribution is -2.28. The van der Waals surface area contributed by atoms with E-state index in [0.29, 0.717) is 34.4 Å². The zero-order valence-electron chi connectivity index (χ0n) is 22.4. The van der Waals surface area contributed by atoms with Gasteiger partial charge in [-0.15, -0.1) is 0 Å². The Balaban J connectivity index is 0.000000259. The van der Waals surface area contributed by atoms with Gasteiger partial charge in [0.2, 0.25) is 5.82 Å². The van der Waals surface area contributed by atoms with Gasteiger partial charge in [0.15, 0.2) is 0 Å². The van der Waals surface area contributed by atoms with E-state index < -0.39 is 5.24 Å². The number of halogens is 1. The summed E-state index contributed by atoms with van der Waals surface area (Å²) in [4.78, 5) is 17.6. The second kappa shape index (κ2) is 12.6. The van der Waals surface area contributed by atoms with Crippen LogP contribution < -0.4 is 0 Å². The van der Waals surface area contributed by atoms with Crippen molar-refractivity contribution < 1.29 is 13.7 Å². The van der Waals surface area contributed by atoms with Gasteiger partial charge in [-0.1, -0.05) is 5.16 Å². The molecule has 3 heterocycles. The van der Waals surface area contributed by atoms with Gasteiger partial charge < -0.3 is 13.8 Å². The minimum atomic E-state index is -0.505. The first-order valence-electron chi connectivity index (χ1n) is 13.2. The molecule has 1 saturated heterocycles. The van der Waals surface area contributed by atoms with Crippen molar-refractivity contribution >= 4 is 27.8 Å². The average Bonchev–Trinajstić information content (AvgIpc) is 3.76. The van der Waals surface area contributed by atoms with E-state index in [9.17, 15) is 4.79 Å². The fraction of sp³-hybridized carbons (Fsp3) is 0.219. The van der Waals surface area contributed by atoms with Crippen LogP contribution in [0.25, 0.3) is 33.8 Å². The van der Waals surface area contributed by atoms with Crippen LogP contribution >= 0.6 is 11.6 Å². The van der Waals surface area contributed by atoms with Crippen molar-refractivity contribution in [1.82, 2.24) is 15.0 Å². The summed E-state index contributed by atoms with van der Waals surface area (Å²) < 4.78 is 11.5. The summed E-state index contributed by atoms with van der Waals surface area (Å²) in [7, 11) is 0. The summed E-state index contributed by atoms with van der Waals surface area (Å²) in [6.07, 6.45) is 3.50. The van der Waals surface area contributed by atoms with E-state index in [2.05, 4.69) is 34.1 Å². The molecule has 0 amide bonds. The van der Waals surface area contributed by atoms with Crippen molar-refractivity contribution in [1.29, 1.82) is 10.5 Å². The maximum absolute atomic E-state index is 10.5. The number of hydrogen-bond donors (Lipinski definition) is 0. The lowest BCUT2D eigenvalue weighted by atomic mass is 10.1. The van der Waals surface area contributed by atoms with Crippen LogP contribution in [0.15, 0.2) is 81.7 Å². The van der Waals surface area contributed by atoms with Crippen LogP contribution in [0.4, 0.5) is 0 Å². The SMILES string of the molecule is C[C@@H]1CCCN1CCc1cc2cc(-c3noc(-c4ccc(C#N)cc4)n3)ccc2o1.N#Cc1ccc(C(=O)Cl)cc1. The van der Waals surface area contributed by atoms with Gasteiger partial charge in [0.25, 0.3) is 11.1 Å². The minimum Gasteiger partial charge on any atom is -0.461 e. The third kappa shape index (κ3) is 6.70. The molecular weight excluding hydrogens is 538 g/mol. The molecule has 1 atom stereocenters. The summed E-state index contributed by atoms with van der Waals surface area (Å²) in [5, 5.41) is 22.0. The number of carbonyl (C=O) groups is 1. The highest BCUT2D eigenvalue weighted by Crippen LogP contribution is 2.28. The van der Waals surface area contributed by atoms with Gasteiger partial charge in [0.1, 0.15) is 11.3 Å². The molecule has 41 heavy (non-hydrogen) atoms. The maximum Gasteiger partial charge on any atom is 0.258 e. The van der Waals surface area contributed by atoms with E-state index >= 15 is 0 Å². The van der Waals surface area contributed by atoms with E-state index in [1.54, 1.807) is 24.3 Å². The molecule has 0 unspecified atom stereocenters. The molecule has 0 radical (unpaired) electrons. The van der Waals surface area contributed by atoms with Crippen LogP contribution in [0.2, 0.25) is 0 Å². The first kappa shape index (κ1) is 27.8. The summed E-state index contributed by atoms with van der Waals surface area (Å²) in [6, 6.07) is 26.0.